The molecule has 0 fully saturated rings. The van der Waals surface area contributed by atoms with Gasteiger partial charge in [-0.25, -0.2) is 0 Å². The van der Waals surface area contributed by atoms with Crippen LogP contribution in [0.4, 0.5) is 0 Å². The van der Waals surface area contributed by atoms with Crippen LogP contribution in [0.1, 0.15) is 23.1 Å². The van der Waals surface area contributed by atoms with E-state index in [9.17, 15) is 4.79 Å². The number of hydrogen-bond donors (Lipinski definition) is 2. The van der Waals surface area contributed by atoms with Crippen molar-refractivity contribution in [2.75, 3.05) is 20.1 Å². The molecule has 0 aliphatic carbocycles. The number of aryl methyl sites for hydroxylation is 2. The first kappa shape index (κ1) is 11.7. The van der Waals surface area contributed by atoms with Crippen LogP contribution in [0.25, 0.3) is 0 Å². The van der Waals surface area contributed by atoms with Gasteiger partial charge in [-0.05, 0) is 19.5 Å². The van der Waals surface area contributed by atoms with Crippen LogP contribution in [0.5, 0.6) is 0 Å². The van der Waals surface area contributed by atoms with Gasteiger partial charge >= 0.3 is 0 Å². The molecule has 5 nitrogen and oxygen atoms in total. The standard InChI is InChI=1S/C10H18N4O/c1-4-8-7-9(14(3)13-8)10(15)12-6-5-11-2/h7,11H,4-6H2,1-3H3,(H,12,15). The number of carbonyl (C=O) groups is 1. The molecule has 15 heavy (non-hydrogen) atoms. The van der Waals surface area contributed by atoms with Gasteiger partial charge in [0.1, 0.15) is 5.69 Å². The van der Waals surface area contributed by atoms with Crippen molar-refractivity contribution >= 4 is 5.91 Å². The maximum Gasteiger partial charge on any atom is 0.269 e. The number of rotatable bonds is 5. The molecule has 0 radical (unpaired) electrons. The summed E-state index contributed by atoms with van der Waals surface area (Å²) in [5, 5.41) is 10.0. The van der Waals surface area contributed by atoms with Crippen LogP contribution < -0.4 is 10.6 Å². The van der Waals surface area contributed by atoms with E-state index in [1.165, 1.54) is 0 Å². The number of likely N-dealkylation sites (N-methyl/N-ethyl adjacent to an activating group) is 1. The lowest BCUT2D eigenvalue weighted by Crippen LogP contribution is -2.31. The van der Waals surface area contributed by atoms with E-state index in [1.54, 1.807) is 11.7 Å². The molecule has 0 spiro atoms. The van der Waals surface area contributed by atoms with Crippen molar-refractivity contribution in [1.82, 2.24) is 20.4 Å². The van der Waals surface area contributed by atoms with Crippen molar-refractivity contribution in [2.24, 2.45) is 7.05 Å². The molecule has 0 aromatic carbocycles. The van der Waals surface area contributed by atoms with Gasteiger partial charge < -0.3 is 10.6 Å². The highest BCUT2D eigenvalue weighted by atomic mass is 16.2. The van der Waals surface area contributed by atoms with Gasteiger partial charge in [0.25, 0.3) is 5.91 Å². The SMILES string of the molecule is CCc1cc(C(=O)NCCNC)n(C)n1. The maximum absolute atomic E-state index is 11.7. The Kier molecular flexibility index (Phi) is 4.30. The molecule has 0 saturated carbocycles. The number of aromatic nitrogens is 2. The minimum Gasteiger partial charge on any atom is -0.349 e. The fourth-order valence-electron chi connectivity index (χ4n) is 1.30. The molecule has 1 aromatic heterocycles. The quantitative estimate of drug-likeness (QED) is 0.669. The second kappa shape index (κ2) is 5.50. The molecule has 5 heteroatoms. The number of carbonyl (C=O) groups excluding carboxylic acids is 1. The predicted molar refractivity (Wildman–Crippen MR) is 58.8 cm³/mol. The van der Waals surface area contributed by atoms with E-state index in [-0.39, 0.29) is 5.91 Å². The van der Waals surface area contributed by atoms with Crippen molar-refractivity contribution in [1.29, 1.82) is 0 Å². The van der Waals surface area contributed by atoms with Gasteiger partial charge in [0.2, 0.25) is 0 Å². The molecule has 1 heterocycles. The first-order chi connectivity index (χ1) is 7.19. The molecule has 0 aliphatic rings. The molecule has 0 bridgehead atoms. The van der Waals surface area contributed by atoms with E-state index < -0.39 is 0 Å². The summed E-state index contributed by atoms with van der Waals surface area (Å²) in [5.41, 5.74) is 1.55. The summed E-state index contributed by atoms with van der Waals surface area (Å²) in [6.45, 7) is 3.41. The molecule has 84 valence electrons. The first-order valence-corrected chi connectivity index (χ1v) is 5.14. The number of nitrogens with zero attached hydrogens (tertiary/aromatic N) is 2. The molecule has 0 atom stereocenters. The van der Waals surface area contributed by atoms with Gasteiger partial charge in [0.05, 0.1) is 5.69 Å². The highest BCUT2D eigenvalue weighted by Crippen LogP contribution is 2.03. The predicted octanol–water partition coefficient (Wildman–Crippen LogP) is -0.0683. The molecule has 1 aromatic rings. The number of nitrogens with one attached hydrogen (secondary N) is 2. The highest BCUT2D eigenvalue weighted by Gasteiger charge is 2.11. The topological polar surface area (TPSA) is 59.0 Å². The van der Waals surface area contributed by atoms with E-state index in [0.717, 1.165) is 18.7 Å². The third kappa shape index (κ3) is 3.06. The van der Waals surface area contributed by atoms with E-state index in [2.05, 4.69) is 15.7 Å². The monoisotopic (exact) mass is 210 g/mol. The molecule has 0 saturated heterocycles. The van der Waals surface area contributed by atoms with Gasteiger partial charge in [0.15, 0.2) is 0 Å². The van der Waals surface area contributed by atoms with Gasteiger partial charge in [-0.1, -0.05) is 6.92 Å². The van der Waals surface area contributed by atoms with Crippen LogP contribution in [0.15, 0.2) is 6.07 Å². The fraction of sp³-hybridized carbons (Fsp3) is 0.600. The minimum atomic E-state index is -0.0695. The second-order valence-electron chi connectivity index (χ2n) is 3.36. The Morgan fingerprint density at radius 2 is 2.27 bits per heavy atom. The summed E-state index contributed by atoms with van der Waals surface area (Å²) in [4.78, 5) is 11.7. The molecule has 2 N–H and O–H groups in total. The van der Waals surface area contributed by atoms with Gasteiger partial charge in [-0.15, -0.1) is 0 Å². The van der Waals surface area contributed by atoms with Crippen LogP contribution in [-0.2, 0) is 13.5 Å². The summed E-state index contributed by atoms with van der Waals surface area (Å²) in [6.07, 6.45) is 0.845. The lowest BCUT2D eigenvalue weighted by Gasteiger charge is -2.03. The average Bonchev–Trinajstić information content (AvgIpc) is 2.60. The molecule has 1 rings (SSSR count). The van der Waals surface area contributed by atoms with Crippen molar-refractivity contribution < 1.29 is 4.79 Å². The number of hydrogen-bond acceptors (Lipinski definition) is 3. The zero-order chi connectivity index (χ0) is 11.3. The zero-order valence-corrected chi connectivity index (χ0v) is 9.50. The third-order valence-electron chi connectivity index (χ3n) is 2.19. The van der Waals surface area contributed by atoms with Crippen molar-refractivity contribution in [2.45, 2.75) is 13.3 Å². The maximum atomic E-state index is 11.7. The average molecular weight is 210 g/mol. The van der Waals surface area contributed by atoms with E-state index in [0.29, 0.717) is 12.2 Å². The Labute approximate surface area is 89.9 Å². The van der Waals surface area contributed by atoms with E-state index in [4.69, 9.17) is 0 Å². The molecule has 0 aliphatic heterocycles. The van der Waals surface area contributed by atoms with Gasteiger partial charge in [0, 0.05) is 20.1 Å². The summed E-state index contributed by atoms with van der Waals surface area (Å²) < 4.78 is 1.62. The van der Waals surface area contributed by atoms with Crippen LogP contribution in [0.3, 0.4) is 0 Å². The fourth-order valence-corrected chi connectivity index (χ4v) is 1.30. The van der Waals surface area contributed by atoms with Crippen molar-refractivity contribution in [3.05, 3.63) is 17.5 Å². The van der Waals surface area contributed by atoms with Crippen LogP contribution in [-0.4, -0.2) is 35.8 Å². The first-order valence-electron chi connectivity index (χ1n) is 5.14. The van der Waals surface area contributed by atoms with Crippen LogP contribution >= 0.6 is 0 Å². The Morgan fingerprint density at radius 3 is 2.80 bits per heavy atom. The lowest BCUT2D eigenvalue weighted by molar-refractivity contribution is 0.0945. The molecule has 1 amide bonds. The lowest BCUT2D eigenvalue weighted by atomic mass is 10.3. The van der Waals surface area contributed by atoms with Crippen LogP contribution in [0.2, 0.25) is 0 Å². The highest BCUT2D eigenvalue weighted by molar-refractivity contribution is 5.92. The Bertz CT molecular complexity index is 332. The summed E-state index contributed by atoms with van der Waals surface area (Å²) in [7, 11) is 3.64. The Morgan fingerprint density at radius 1 is 1.53 bits per heavy atom. The summed E-state index contributed by atoms with van der Waals surface area (Å²) >= 11 is 0. The molecule has 0 unspecified atom stereocenters. The second-order valence-corrected chi connectivity index (χ2v) is 3.36. The smallest absolute Gasteiger partial charge is 0.269 e. The minimum absolute atomic E-state index is 0.0695. The normalized spacial score (nSPS) is 10.3. The molecular weight excluding hydrogens is 192 g/mol. The van der Waals surface area contributed by atoms with Crippen molar-refractivity contribution in [3.63, 3.8) is 0 Å². The largest absolute Gasteiger partial charge is 0.349 e. The van der Waals surface area contributed by atoms with Gasteiger partial charge in [-0.3, -0.25) is 9.48 Å². The Balaban J connectivity index is 2.60. The van der Waals surface area contributed by atoms with Crippen molar-refractivity contribution in [3.8, 4) is 0 Å². The summed E-state index contributed by atoms with van der Waals surface area (Å²) in [5.74, 6) is -0.0695. The number of amides is 1. The molecular formula is C10H18N4O. The van der Waals surface area contributed by atoms with Crippen LogP contribution in [0, 0.1) is 0 Å². The summed E-state index contributed by atoms with van der Waals surface area (Å²) in [6, 6.07) is 1.83. The van der Waals surface area contributed by atoms with E-state index in [1.807, 2.05) is 20.0 Å². The van der Waals surface area contributed by atoms with E-state index >= 15 is 0 Å². The Hall–Kier alpha value is -1.36. The third-order valence-corrected chi connectivity index (χ3v) is 2.19. The zero-order valence-electron chi connectivity index (χ0n) is 9.50. The van der Waals surface area contributed by atoms with Gasteiger partial charge in [-0.2, -0.15) is 5.10 Å².